The van der Waals surface area contributed by atoms with E-state index in [0.29, 0.717) is 12.5 Å². The summed E-state index contributed by atoms with van der Waals surface area (Å²) in [6, 6.07) is 0. The maximum absolute atomic E-state index is 5.59. The minimum absolute atomic E-state index is 0.422. The van der Waals surface area contributed by atoms with E-state index < -0.39 is 0 Å². The van der Waals surface area contributed by atoms with Gasteiger partial charge in [0.25, 0.3) is 0 Å². The standard InChI is InChI=1S/C9H17N3/c1-4-12-6-9(7(2)5-10)8(3)11-12/h6-7H,4-5,10H2,1-3H3. The van der Waals surface area contributed by atoms with Gasteiger partial charge in [0, 0.05) is 12.7 Å². The molecule has 1 aromatic heterocycles. The van der Waals surface area contributed by atoms with Gasteiger partial charge >= 0.3 is 0 Å². The monoisotopic (exact) mass is 167 g/mol. The average Bonchev–Trinajstić information content (AvgIpc) is 2.45. The van der Waals surface area contributed by atoms with Crippen molar-refractivity contribution in [2.75, 3.05) is 6.54 Å². The summed E-state index contributed by atoms with van der Waals surface area (Å²) in [5, 5.41) is 4.36. The third-order valence-electron chi connectivity index (χ3n) is 2.19. The summed E-state index contributed by atoms with van der Waals surface area (Å²) < 4.78 is 1.96. The van der Waals surface area contributed by atoms with Gasteiger partial charge in [-0.2, -0.15) is 5.10 Å². The Hall–Kier alpha value is -0.830. The number of nitrogens with two attached hydrogens (primary N) is 1. The minimum atomic E-state index is 0.422. The van der Waals surface area contributed by atoms with Crippen molar-refractivity contribution in [3.05, 3.63) is 17.5 Å². The molecule has 68 valence electrons. The van der Waals surface area contributed by atoms with Crippen molar-refractivity contribution in [2.24, 2.45) is 5.73 Å². The Morgan fingerprint density at radius 1 is 1.67 bits per heavy atom. The van der Waals surface area contributed by atoms with E-state index in [1.807, 2.05) is 11.6 Å². The predicted octanol–water partition coefficient (Wildman–Crippen LogP) is 1.27. The van der Waals surface area contributed by atoms with E-state index in [9.17, 15) is 0 Å². The molecule has 0 saturated carbocycles. The lowest BCUT2D eigenvalue weighted by Gasteiger charge is -2.04. The maximum atomic E-state index is 5.59. The van der Waals surface area contributed by atoms with Crippen molar-refractivity contribution in [3.8, 4) is 0 Å². The van der Waals surface area contributed by atoms with Crippen LogP contribution in [-0.2, 0) is 6.54 Å². The highest BCUT2D eigenvalue weighted by Crippen LogP contribution is 2.16. The summed E-state index contributed by atoms with van der Waals surface area (Å²) in [5.74, 6) is 0.422. The molecule has 0 aliphatic carbocycles. The van der Waals surface area contributed by atoms with Crippen molar-refractivity contribution >= 4 is 0 Å². The van der Waals surface area contributed by atoms with Crippen LogP contribution in [0, 0.1) is 6.92 Å². The Bertz CT molecular complexity index is 252. The van der Waals surface area contributed by atoms with E-state index in [-0.39, 0.29) is 0 Å². The fourth-order valence-electron chi connectivity index (χ4n) is 1.31. The van der Waals surface area contributed by atoms with Crippen LogP contribution >= 0.6 is 0 Å². The van der Waals surface area contributed by atoms with Crippen LogP contribution in [0.4, 0.5) is 0 Å². The molecule has 0 aliphatic heterocycles. The Morgan fingerprint density at radius 2 is 2.33 bits per heavy atom. The quantitative estimate of drug-likeness (QED) is 0.736. The van der Waals surface area contributed by atoms with Crippen LogP contribution in [0.1, 0.15) is 31.0 Å². The number of hydrogen-bond donors (Lipinski definition) is 1. The van der Waals surface area contributed by atoms with Gasteiger partial charge in [0.1, 0.15) is 0 Å². The first kappa shape index (κ1) is 9.26. The fourth-order valence-corrected chi connectivity index (χ4v) is 1.31. The highest BCUT2D eigenvalue weighted by molar-refractivity contribution is 5.20. The summed E-state index contributed by atoms with van der Waals surface area (Å²) in [6.45, 7) is 7.87. The second-order valence-electron chi connectivity index (χ2n) is 3.16. The van der Waals surface area contributed by atoms with Gasteiger partial charge < -0.3 is 5.73 Å². The summed E-state index contributed by atoms with van der Waals surface area (Å²) >= 11 is 0. The number of hydrogen-bond acceptors (Lipinski definition) is 2. The lowest BCUT2D eigenvalue weighted by Crippen LogP contribution is -2.09. The number of rotatable bonds is 3. The van der Waals surface area contributed by atoms with Crippen LogP contribution < -0.4 is 5.73 Å². The molecule has 1 rings (SSSR count). The first-order valence-corrected chi connectivity index (χ1v) is 4.43. The Balaban J connectivity index is 2.91. The first-order valence-electron chi connectivity index (χ1n) is 4.43. The van der Waals surface area contributed by atoms with Crippen LogP contribution in [0.5, 0.6) is 0 Å². The molecule has 0 aliphatic rings. The van der Waals surface area contributed by atoms with Crippen molar-refractivity contribution in [1.82, 2.24) is 9.78 Å². The molecule has 1 atom stereocenters. The highest BCUT2D eigenvalue weighted by Gasteiger charge is 2.09. The number of nitrogens with zero attached hydrogens (tertiary/aromatic N) is 2. The zero-order chi connectivity index (χ0) is 9.14. The number of aryl methyl sites for hydroxylation is 2. The SMILES string of the molecule is CCn1cc(C(C)CN)c(C)n1. The normalized spacial score (nSPS) is 13.3. The van der Waals surface area contributed by atoms with Crippen LogP contribution in [0.15, 0.2) is 6.20 Å². The van der Waals surface area contributed by atoms with Crippen LogP contribution in [0.25, 0.3) is 0 Å². The van der Waals surface area contributed by atoms with Crippen LogP contribution in [0.2, 0.25) is 0 Å². The zero-order valence-corrected chi connectivity index (χ0v) is 8.04. The molecule has 0 saturated heterocycles. The summed E-state index contributed by atoms with van der Waals surface area (Å²) in [4.78, 5) is 0. The molecule has 1 unspecified atom stereocenters. The van der Waals surface area contributed by atoms with Crippen LogP contribution in [0.3, 0.4) is 0 Å². The van der Waals surface area contributed by atoms with Gasteiger partial charge in [-0.15, -0.1) is 0 Å². The molecular weight excluding hydrogens is 150 g/mol. The molecule has 12 heavy (non-hydrogen) atoms. The van der Waals surface area contributed by atoms with E-state index in [1.54, 1.807) is 0 Å². The third-order valence-corrected chi connectivity index (χ3v) is 2.19. The molecule has 0 aromatic carbocycles. The second kappa shape index (κ2) is 3.72. The molecule has 3 heteroatoms. The van der Waals surface area contributed by atoms with Gasteiger partial charge in [0.05, 0.1) is 5.69 Å². The molecule has 0 fully saturated rings. The third kappa shape index (κ3) is 1.67. The van der Waals surface area contributed by atoms with E-state index in [4.69, 9.17) is 5.73 Å². The molecular formula is C9H17N3. The molecule has 2 N–H and O–H groups in total. The zero-order valence-electron chi connectivity index (χ0n) is 8.04. The molecule has 0 spiro atoms. The molecule has 1 heterocycles. The van der Waals surface area contributed by atoms with E-state index >= 15 is 0 Å². The number of aromatic nitrogens is 2. The van der Waals surface area contributed by atoms with Gasteiger partial charge in [-0.25, -0.2) is 0 Å². The van der Waals surface area contributed by atoms with Gasteiger partial charge in [0.2, 0.25) is 0 Å². The Kier molecular flexibility index (Phi) is 2.87. The lowest BCUT2D eigenvalue weighted by molar-refractivity contribution is 0.652. The van der Waals surface area contributed by atoms with Crippen LogP contribution in [-0.4, -0.2) is 16.3 Å². The van der Waals surface area contributed by atoms with Crippen molar-refractivity contribution in [2.45, 2.75) is 33.2 Å². The van der Waals surface area contributed by atoms with Gasteiger partial charge in [-0.3, -0.25) is 4.68 Å². The Labute approximate surface area is 73.6 Å². The molecule has 3 nitrogen and oxygen atoms in total. The highest BCUT2D eigenvalue weighted by atomic mass is 15.3. The van der Waals surface area contributed by atoms with Gasteiger partial charge in [0.15, 0.2) is 0 Å². The molecule has 1 aromatic rings. The van der Waals surface area contributed by atoms with Crippen molar-refractivity contribution in [3.63, 3.8) is 0 Å². The fraction of sp³-hybridized carbons (Fsp3) is 0.667. The lowest BCUT2D eigenvalue weighted by atomic mass is 10.0. The summed E-state index contributed by atoms with van der Waals surface area (Å²) in [7, 11) is 0. The smallest absolute Gasteiger partial charge is 0.0628 e. The molecule has 0 radical (unpaired) electrons. The van der Waals surface area contributed by atoms with Gasteiger partial charge in [-0.05, 0) is 31.9 Å². The van der Waals surface area contributed by atoms with E-state index in [2.05, 4.69) is 25.1 Å². The van der Waals surface area contributed by atoms with E-state index in [1.165, 1.54) is 5.56 Å². The largest absolute Gasteiger partial charge is 0.330 e. The van der Waals surface area contributed by atoms with E-state index in [0.717, 1.165) is 12.2 Å². The minimum Gasteiger partial charge on any atom is -0.330 e. The summed E-state index contributed by atoms with van der Waals surface area (Å²) in [6.07, 6.45) is 2.09. The predicted molar refractivity (Wildman–Crippen MR) is 50.1 cm³/mol. The van der Waals surface area contributed by atoms with Gasteiger partial charge in [-0.1, -0.05) is 6.92 Å². The molecule has 0 bridgehead atoms. The maximum Gasteiger partial charge on any atom is 0.0628 e. The second-order valence-corrected chi connectivity index (χ2v) is 3.16. The topological polar surface area (TPSA) is 43.8 Å². The molecule has 0 amide bonds. The Morgan fingerprint density at radius 3 is 2.75 bits per heavy atom. The van der Waals surface area contributed by atoms with Crippen molar-refractivity contribution < 1.29 is 0 Å². The van der Waals surface area contributed by atoms with Crippen molar-refractivity contribution in [1.29, 1.82) is 0 Å². The average molecular weight is 167 g/mol. The first-order chi connectivity index (χ1) is 5.69. The summed E-state index contributed by atoms with van der Waals surface area (Å²) in [5.41, 5.74) is 7.97.